The zero-order valence-electron chi connectivity index (χ0n) is 19.0. The van der Waals surface area contributed by atoms with Gasteiger partial charge in [0, 0.05) is 28.4 Å². The Morgan fingerprint density at radius 3 is 2.50 bits per heavy atom. The highest BCUT2D eigenvalue weighted by Gasteiger charge is 2.28. The fraction of sp³-hybridized carbons (Fsp3) is 0.400. The van der Waals surface area contributed by atoms with Crippen molar-refractivity contribution in [3.63, 3.8) is 0 Å². The van der Waals surface area contributed by atoms with E-state index in [0.29, 0.717) is 21.2 Å². The number of hydrogen-bond acceptors (Lipinski definition) is 6. The van der Waals surface area contributed by atoms with E-state index in [2.05, 4.69) is 16.3 Å². The van der Waals surface area contributed by atoms with Crippen molar-refractivity contribution in [1.29, 1.82) is 0 Å². The fourth-order valence-electron chi connectivity index (χ4n) is 4.32. The third-order valence-corrected chi connectivity index (χ3v) is 9.35. The van der Waals surface area contributed by atoms with Crippen LogP contribution in [0.15, 0.2) is 52.2 Å². The van der Waals surface area contributed by atoms with Crippen LogP contribution in [0.5, 0.6) is 0 Å². The third-order valence-electron chi connectivity index (χ3n) is 6.18. The molecule has 1 saturated heterocycles. The highest BCUT2D eigenvalue weighted by atomic mass is 35.5. The van der Waals surface area contributed by atoms with E-state index in [1.54, 1.807) is 11.3 Å². The lowest BCUT2D eigenvalue weighted by molar-refractivity contribution is 0.173. The molecule has 34 heavy (non-hydrogen) atoms. The molecule has 3 aromatic rings. The number of thioether (sulfide) groups is 1. The summed E-state index contributed by atoms with van der Waals surface area (Å²) in [6.45, 7) is 3.85. The Morgan fingerprint density at radius 2 is 1.82 bits per heavy atom. The Hall–Kier alpha value is -0.990. The SMILES string of the molecule is Cl.NCCCC(Sc1nc(-c2ccc(N)cc2)cs1)C1CCN(Cc2ccc(Cl)c(Cl)c2)CC1. The number of piperidine rings is 1. The molecule has 1 aliphatic rings. The second-order valence-corrected chi connectivity index (χ2v) is 11.7. The maximum absolute atomic E-state index is 6.20. The molecule has 0 saturated carbocycles. The topological polar surface area (TPSA) is 68.2 Å². The van der Waals surface area contributed by atoms with Crippen LogP contribution in [0.3, 0.4) is 0 Å². The minimum atomic E-state index is 0. The zero-order valence-corrected chi connectivity index (χ0v) is 22.9. The molecule has 4 N–H and O–H groups in total. The van der Waals surface area contributed by atoms with Gasteiger partial charge in [0.1, 0.15) is 0 Å². The molecule has 1 aliphatic heterocycles. The average molecular weight is 558 g/mol. The van der Waals surface area contributed by atoms with Crippen LogP contribution >= 0.6 is 58.7 Å². The minimum absolute atomic E-state index is 0. The largest absolute Gasteiger partial charge is 0.399 e. The van der Waals surface area contributed by atoms with Gasteiger partial charge in [0.25, 0.3) is 0 Å². The number of aromatic nitrogens is 1. The Balaban J connectivity index is 0.00000324. The fourth-order valence-corrected chi connectivity index (χ4v) is 7.09. The summed E-state index contributed by atoms with van der Waals surface area (Å²) in [7, 11) is 0. The number of likely N-dealkylation sites (tertiary alicyclic amines) is 1. The lowest BCUT2D eigenvalue weighted by atomic mass is 9.90. The van der Waals surface area contributed by atoms with Crippen molar-refractivity contribution >= 4 is 64.4 Å². The van der Waals surface area contributed by atoms with Crippen molar-refractivity contribution in [2.24, 2.45) is 11.7 Å². The van der Waals surface area contributed by atoms with Crippen LogP contribution in [0.4, 0.5) is 5.69 Å². The predicted molar refractivity (Wildman–Crippen MR) is 152 cm³/mol. The number of hydrogen-bond donors (Lipinski definition) is 2. The Kier molecular flexibility index (Phi) is 10.8. The predicted octanol–water partition coefficient (Wildman–Crippen LogP) is 7.23. The van der Waals surface area contributed by atoms with Gasteiger partial charge < -0.3 is 11.5 Å². The third kappa shape index (κ3) is 7.50. The smallest absolute Gasteiger partial charge is 0.150 e. The first-order valence-corrected chi connectivity index (χ1v) is 13.9. The van der Waals surface area contributed by atoms with Crippen molar-refractivity contribution in [2.75, 3.05) is 25.4 Å². The van der Waals surface area contributed by atoms with Gasteiger partial charge in [0.2, 0.25) is 0 Å². The van der Waals surface area contributed by atoms with Gasteiger partial charge in [-0.15, -0.1) is 23.7 Å². The lowest BCUT2D eigenvalue weighted by Gasteiger charge is -2.35. The first-order valence-electron chi connectivity index (χ1n) is 11.4. The van der Waals surface area contributed by atoms with Crippen LogP contribution in [0.1, 0.15) is 31.2 Å². The molecular weight excluding hydrogens is 527 g/mol. The van der Waals surface area contributed by atoms with Crippen LogP contribution in [0.25, 0.3) is 11.3 Å². The standard InChI is InChI=1S/C25H30Cl2N4S2.ClH/c26-21-8-3-17(14-22(21)27)15-31-12-9-19(10-13-31)24(2-1-11-28)33-25-30-23(16-32-25)18-4-6-20(29)7-5-18;/h3-8,14,16,19,24H,1-2,9-13,15,28-29H2;1H. The molecule has 0 amide bonds. The van der Waals surface area contributed by atoms with Crippen molar-refractivity contribution in [3.8, 4) is 11.3 Å². The molecule has 9 heteroatoms. The van der Waals surface area contributed by atoms with Gasteiger partial charge >= 0.3 is 0 Å². The molecule has 1 atom stereocenters. The number of thiazole rings is 1. The molecule has 0 bridgehead atoms. The maximum atomic E-state index is 6.20. The average Bonchev–Trinajstić information content (AvgIpc) is 3.29. The highest BCUT2D eigenvalue weighted by molar-refractivity contribution is 8.01. The summed E-state index contributed by atoms with van der Waals surface area (Å²) in [6.07, 6.45) is 4.58. The van der Waals surface area contributed by atoms with Crippen LogP contribution in [-0.4, -0.2) is 34.8 Å². The Morgan fingerprint density at radius 1 is 1.09 bits per heavy atom. The quantitative estimate of drug-likeness (QED) is 0.214. The zero-order chi connectivity index (χ0) is 23.2. The summed E-state index contributed by atoms with van der Waals surface area (Å²) >= 11 is 15.9. The van der Waals surface area contributed by atoms with E-state index in [1.165, 1.54) is 18.4 Å². The molecule has 2 heterocycles. The van der Waals surface area contributed by atoms with Crippen molar-refractivity contribution in [3.05, 3.63) is 63.5 Å². The van der Waals surface area contributed by atoms with Gasteiger partial charge in [-0.2, -0.15) is 0 Å². The van der Waals surface area contributed by atoms with Gasteiger partial charge in [-0.3, -0.25) is 4.90 Å². The second-order valence-electron chi connectivity index (χ2n) is 8.57. The van der Waals surface area contributed by atoms with Gasteiger partial charge in [-0.25, -0.2) is 4.98 Å². The highest BCUT2D eigenvalue weighted by Crippen LogP contribution is 2.39. The van der Waals surface area contributed by atoms with Crippen molar-refractivity contribution in [1.82, 2.24) is 9.88 Å². The number of nitrogens with zero attached hydrogens (tertiary/aromatic N) is 2. The number of nitrogens with two attached hydrogens (primary N) is 2. The maximum Gasteiger partial charge on any atom is 0.150 e. The Bertz CT molecular complexity index is 1040. The normalized spacial score (nSPS) is 15.7. The molecule has 0 aliphatic carbocycles. The molecule has 0 spiro atoms. The molecule has 4 rings (SSSR count). The van der Waals surface area contributed by atoms with Gasteiger partial charge in [0.15, 0.2) is 4.34 Å². The van der Waals surface area contributed by atoms with Gasteiger partial charge in [0.05, 0.1) is 15.7 Å². The number of benzene rings is 2. The summed E-state index contributed by atoms with van der Waals surface area (Å²) in [5.74, 6) is 0.676. The van der Waals surface area contributed by atoms with Gasteiger partial charge in [-0.05, 0) is 81.1 Å². The van der Waals surface area contributed by atoms with Crippen molar-refractivity contribution < 1.29 is 0 Å². The first kappa shape index (κ1) is 27.6. The number of rotatable bonds is 9. The van der Waals surface area contributed by atoms with E-state index in [1.807, 2.05) is 48.2 Å². The number of halogens is 3. The molecule has 1 fully saturated rings. The van der Waals surface area contributed by atoms with Crippen LogP contribution < -0.4 is 11.5 Å². The van der Waals surface area contributed by atoms with Crippen LogP contribution in [-0.2, 0) is 6.54 Å². The van der Waals surface area contributed by atoms with E-state index >= 15 is 0 Å². The first-order chi connectivity index (χ1) is 16.0. The van der Waals surface area contributed by atoms with Crippen LogP contribution in [0, 0.1) is 5.92 Å². The number of anilines is 1. The molecular formula is C25H31Cl3N4S2. The molecule has 184 valence electrons. The molecule has 1 aromatic heterocycles. The summed E-state index contributed by atoms with van der Waals surface area (Å²) in [4.78, 5) is 7.43. The van der Waals surface area contributed by atoms with E-state index in [0.717, 1.165) is 60.3 Å². The lowest BCUT2D eigenvalue weighted by Crippen LogP contribution is -2.36. The van der Waals surface area contributed by atoms with E-state index in [4.69, 9.17) is 39.7 Å². The summed E-state index contributed by atoms with van der Waals surface area (Å²) in [6, 6.07) is 13.9. The van der Waals surface area contributed by atoms with E-state index < -0.39 is 0 Å². The summed E-state index contributed by atoms with van der Waals surface area (Å²) < 4.78 is 1.14. The summed E-state index contributed by atoms with van der Waals surface area (Å²) in [5, 5.41) is 3.93. The molecule has 0 radical (unpaired) electrons. The molecule has 2 aromatic carbocycles. The van der Waals surface area contributed by atoms with Gasteiger partial charge in [-0.1, -0.05) is 53.2 Å². The summed E-state index contributed by atoms with van der Waals surface area (Å²) in [5.41, 5.74) is 15.8. The monoisotopic (exact) mass is 556 g/mol. The minimum Gasteiger partial charge on any atom is -0.399 e. The van der Waals surface area contributed by atoms with Crippen LogP contribution in [0.2, 0.25) is 10.0 Å². The Labute approximate surface area is 226 Å². The molecule has 4 nitrogen and oxygen atoms in total. The second kappa shape index (κ2) is 13.4. The van der Waals surface area contributed by atoms with E-state index in [9.17, 15) is 0 Å². The van der Waals surface area contributed by atoms with Crippen molar-refractivity contribution in [2.45, 2.75) is 41.8 Å². The molecule has 1 unspecified atom stereocenters. The van der Waals surface area contributed by atoms with E-state index in [-0.39, 0.29) is 12.4 Å². The number of nitrogen functional groups attached to an aromatic ring is 1.